The van der Waals surface area contributed by atoms with Crippen LogP contribution in [0.15, 0.2) is 70.8 Å². The van der Waals surface area contributed by atoms with E-state index in [9.17, 15) is 19.2 Å². The molecule has 0 bridgehead atoms. The van der Waals surface area contributed by atoms with E-state index in [1.165, 1.54) is 73.3 Å². The highest BCUT2D eigenvalue weighted by atomic mass is 16.5. The van der Waals surface area contributed by atoms with E-state index in [4.69, 9.17) is 19.5 Å². The summed E-state index contributed by atoms with van der Waals surface area (Å²) in [6.45, 7) is 13.5. The summed E-state index contributed by atoms with van der Waals surface area (Å²) in [5.41, 5.74) is 13.2. The monoisotopic (exact) mass is 923 g/mol. The molecule has 6 aliphatic rings. The number of carbonyl (C=O) groups is 4. The van der Waals surface area contributed by atoms with Crippen molar-refractivity contribution < 1.29 is 28.7 Å². The smallest absolute Gasteiger partial charge is 0.407 e. The fourth-order valence-electron chi connectivity index (χ4n) is 12.3. The second kappa shape index (κ2) is 19.0. The lowest BCUT2D eigenvalue weighted by molar-refractivity contribution is -0.148. The topological polar surface area (TPSA) is 142 Å². The Bertz CT molecular complexity index is 2570. The second-order valence-corrected chi connectivity index (χ2v) is 21.5. The van der Waals surface area contributed by atoms with E-state index in [1.807, 2.05) is 43.7 Å². The van der Waals surface area contributed by atoms with E-state index in [-0.39, 0.29) is 48.1 Å². The number of esters is 1. The van der Waals surface area contributed by atoms with E-state index in [0.717, 1.165) is 72.5 Å². The van der Waals surface area contributed by atoms with Gasteiger partial charge in [-0.3, -0.25) is 24.4 Å². The molecule has 9 rings (SSSR count). The number of likely N-dealkylation sites (tertiary alicyclic amines) is 2. The number of amidine groups is 1. The van der Waals surface area contributed by atoms with Crippen molar-refractivity contribution in [2.75, 3.05) is 32.6 Å². The quantitative estimate of drug-likeness (QED) is 0.172. The number of rotatable bonds is 12. The van der Waals surface area contributed by atoms with Crippen molar-refractivity contribution in [1.82, 2.24) is 15.1 Å². The van der Waals surface area contributed by atoms with Crippen LogP contribution in [0.3, 0.4) is 0 Å². The Morgan fingerprint density at radius 2 is 1.38 bits per heavy atom. The zero-order chi connectivity index (χ0) is 48.1. The van der Waals surface area contributed by atoms with Crippen LogP contribution >= 0.6 is 0 Å². The predicted molar refractivity (Wildman–Crippen MR) is 268 cm³/mol. The normalized spacial score (nSPS) is 22.1. The van der Waals surface area contributed by atoms with Gasteiger partial charge in [-0.25, -0.2) is 4.79 Å². The first-order chi connectivity index (χ1) is 32.6. The molecule has 4 unspecified atom stereocenters. The number of allylic oxidation sites excluding steroid dienone is 1. The number of alkyl carbamates (subject to hydrolysis) is 1. The first-order valence-corrected chi connectivity index (χ1v) is 25.2. The third-order valence-electron chi connectivity index (χ3n) is 16.1. The van der Waals surface area contributed by atoms with Crippen molar-refractivity contribution in [2.45, 2.75) is 142 Å². The Kier molecular flexibility index (Phi) is 13.2. The minimum atomic E-state index is -0.659. The van der Waals surface area contributed by atoms with E-state index in [0.29, 0.717) is 24.9 Å². The number of methoxy groups -OCH3 is 2. The lowest BCUT2D eigenvalue weighted by Crippen LogP contribution is -2.53. The van der Waals surface area contributed by atoms with Crippen LogP contribution in [0.5, 0.6) is 0 Å². The molecule has 4 aliphatic heterocycles. The van der Waals surface area contributed by atoms with Crippen molar-refractivity contribution in [3.05, 3.63) is 83.1 Å². The summed E-state index contributed by atoms with van der Waals surface area (Å²) in [5, 5.41) is 6.50. The van der Waals surface area contributed by atoms with Crippen LogP contribution in [0.4, 0.5) is 10.5 Å². The van der Waals surface area contributed by atoms with Gasteiger partial charge in [-0.15, -0.1) is 0 Å². The molecule has 3 aromatic rings. The SMILES string of the molecule is COC(=O)CC(C(=O)N1CCCC1C1=NC(C)(C)c2ccc(-c3ccc(-c4ccc(C5=CN=C(C6CCCN6C(=O)C(NC(=O)OC)C(C)C)C5)cc4)c4c3CC3(CCCC3)C4)cc2N1)C(C)C. The van der Waals surface area contributed by atoms with Crippen molar-refractivity contribution in [3.63, 3.8) is 0 Å². The number of amides is 3. The Balaban J connectivity index is 0.949. The first-order valence-electron chi connectivity index (χ1n) is 25.2. The van der Waals surface area contributed by atoms with Crippen LogP contribution in [0.25, 0.3) is 27.8 Å². The molecular weight excluding hydrogens is 853 g/mol. The molecule has 2 N–H and O–H groups in total. The number of nitrogens with one attached hydrogen (secondary N) is 2. The Morgan fingerprint density at radius 1 is 0.765 bits per heavy atom. The van der Waals surface area contributed by atoms with Crippen LogP contribution in [-0.2, 0) is 42.2 Å². The lowest BCUT2D eigenvalue weighted by Gasteiger charge is -2.36. The first kappa shape index (κ1) is 47.3. The zero-order valence-electron chi connectivity index (χ0n) is 41.4. The average Bonchev–Trinajstić information content (AvgIpc) is 4.19. The molecule has 3 fully saturated rings. The number of nitrogens with zero attached hydrogens (tertiary/aromatic N) is 4. The molecule has 4 heterocycles. The molecule has 360 valence electrons. The van der Waals surface area contributed by atoms with Gasteiger partial charge in [0.2, 0.25) is 11.8 Å². The molecule has 0 aromatic heterocycles. The van der Waals surface area contributed by atoms with Gasteiger partial charge in [-0.1, -0.05) is 89.1 Å². The highest BCUT2D eigenvalue weighted by Gasteiger charge is 2.44. The van der Waals surface area contributed by atoms with E-state index in [2.05, 4.69) is 79.1 Å². The van der Waals surface area contributed by atoms with E-state index >= 15 is 0 Å². The molecule has 3 amide bonds. The number of anilines is 1. The molecule has 0 radical (unpaired) electrons. The van der Waals surface area contributed by atoms with Gasteiger partial charge >= 0.3 is 12.1 Å². The minimum absolute atomic E-state index is 0.00329. The summed E-state index contributed by atoms with van der Waals surface area (Å²) in [6, 6.07) is 19.5. The van der Waals surface area contributed by atoms with Gasteiger partial charge in [0.1, 0.15) is 11.9 Å². The fraction of sp³-hybridized carbons (Fsp3) is 0.536. The number of fused-ring (bicyclic) bond motifs is 2. The third-order valence-corrected chi connectivity index (χ3v) is 16.1. The molecule has 2 aliphatic carbocycles. The van der Waals surface area contributed by atoms with E-state index in [1.54, 1.807) is 0 Å². The fourth-order valence-corrected chi connectivity index (χ4v) is 12.3. The zero-order valence-corrected chi connectivity index (χ0v) is 41.4. The van der Waals surface area contributed by atoms with Crippen molar-refractivity contribution >= 4 is 46.7 Å². The maximum Gasteiger partial charge on any atom is 0.407 e. The van der Waals surface area contributed by atoms with Crippen LogP contribution in [-0.4, -0.2) is 90.7 Å². The van der Waals surface area contributed by atoms with E-state index < -0.39 is 23.6 Å². The maximum atomic E-state index is 14.1. The highest BCUT2D eigenvalue weighted by molar-refractivity contribution is 6.05. The summed E-state index contributed by atoms with van der Waals surface area (Å²) in [7, 11) is 2.69. The molecular formula is C56H70N6O6. The summed E-state index contributed by atoms with van der Waals surface area (Å²) in [5.74, 6) is -0.173. The minimum Gasteiger partial charge on any atom is -0.469 e. The number of hydrogen-bond donors (Lipinski definition) is 2. The molecule has 2 saturated heterocycles. The number of aliphatic imine (C=N–C) groups is 2. The Labute approximate surface area is 402 Å². The number of benzene rings is 3. The van der Waals surface area contributed by atoms with Crippen LogP contribution in [0.2, 0.25) is 0 Å². The Hall–Kier alpha value is -5.78. The summed E-state index contributed by atoms with van der Waals surface area (Å²) in [4.78, 5) is 66.4. The molecule has 68 heavy (non-hydrogen) atoms. The third kappa shape index (κ3) is 9.00. The van der Waals surface area contributed by atoms with Crippen molar-refractivity contribution in [1.29, 1.82) is 0 Å². The number of hydrogen-bond acceptors (Lipinski definition) is 9. The molecule has 12 nitrogen and oxygen atoms in total. The summed E-state index contributed by atoms with van der Waals surface area (Å²) in [6.07, 6.45) is 12.8. The summed E-state index contributed by atoms with van der Waals surface area (Å²) >= 11 is 0. The number of carbonyl (C=O) groups excluding carboxylic acids is 4. The predicted octanol–water partition coefficient (Wildman–Crippen LogP) is 10.1. The highest BCUT2D eigenvalue weighted by Crippen LogP contribution is 2.53. The summed E-state index contributed by atoms with van der Waals surface area (Å²) < 4.78 is 9.81. The van der Waals surface area contributed by atoms with Crippen LogP contribution in [0, 0.1) is 23.2 Å². The standard InChI is InChI=1S/C56H70N6O6/c1-33(2)41(29-49(63)67-7)52(64)62-26-12-14-48(62)51-58-45-27-37(19-22-44(45)55(5,6)60-51)40-21-20-39(42-30-56(31-43(40)42)23-9-10-24-56)36-17-15-35(16-18-36)38-28-46(57-32-38)47-13-11-25-61(47)53(65)50(34(3)4)59-54(66)68-8/h15-22,27,32-34,41,47-48,50H,9-14,23-26,28-31H2,1-8H3,(H,58,60)(H,59,66). The van der Waals surface area contributed by atoms with Gasteiger partial charge in [0.05, 0.1) is 44.2 Å². The molecule has 4 atom stereocenters. The molecule has 1 spiro atoms. The van der Waals surface area contributed by atoms with Crippen molar-refractivity contribution in [2.24, 2.45) is 33.2 Å². The van der Waals surface area contributed by atoms with Gasteiger partial charge in [0.25, 0.3) is 0 Å². The average molecular weight is 923 g/mol. The molecule has 12 heteroatoms. The molecule has 3 aromatic carbocycles. The maximum absolute atomic E-state index is 14.1. The lowest BCUT2D eigenvalue weighted by atomic mass is 9.82. The number of ether oxygens (including phenoxy) is 2. The largest absolute Gasteiger partial charge is 0.469 e. The Morgan fingerprint density at radius 3 is 2.01 bits per heavy atom. The van der Waals surface area contributed by atoms with Gasteiger partial charge < -0.3 is 29.9 Å². The second-order valence-electron chi connectivity index (χ2n) is 21.5. The van der Waals surface area contributed by atoms with Gasteiger partial charge in [0, 0.05) is 42.7 Å². The van der Waals surface area contributed by atoms with Gasteiger partial charge in [0.15, 0.2) is 0 Å². The van der Waals surface area contributed by atoms with Crippen LogP contribution in [0.1, 0.15) is 128 Å². The van der Waals surface area contributed by atoms with Crippen molar-refractivity contribution in [3.8, 4) is 22.3 Å². The van der Waals surface area contributed by atoms with Gasteiger partial charge in [-0.2, -0.15) is 0 Å². The van der Waals surface area contributed by atoms with Gasteiger partial charge in [-0.05, 0) is 133 Å². The van der Waals surface area contributed by atoms with Crippen LogP contribution < -0.4 is 10.6 Å². The molecule has 1 saturated carbocycles.